The Hall–Kier alpha value is -3.07. The van der Waals surface area contributed by atoms with Crippen LogP contribution in [0.25, 0.3) is 0 Å². The molecule has 0 saturated heterocycles. The number of halogens is 1. The maximum absolute atomic E-state index is 13.8. The molecule has 1 aliphatic carbocycles. The van der Waals surface area contributed by atoms with Gasteiger partial charge >= 0.3 is 5.97 Å². The molecule has 5 rings (SSSR count). The summed E-state index contributed by atoms with van der Waals surface area (Å²) < 4.78 is 11.6. The maximum Gasteiger partial charge on any atom is 0.343 e. The molecule has 238 valence electrons. The van der Waals surface area contributed by atoms with E-state index in [0.29, 0.717) is 42.5 Å². The Balaban J connectivity index is 1.64. The van der Waals surface area contributed by atoms with Crippen molar-refractivity contribution in [1.82, 2.24) is 4.90 Å². The number of esters is 1. The minimum absolute atomic E-state index is 0.132. The molecule has 2 bridgehead atoms. The van der Waals surface area contributed by atoms with E-state index in [-0.39, 0.29) is 24.2 Å². The van der Waals surface area contributed by atoms with E-state index in [2.05, 4.69) is 4.90 Å². The molecule has 0 aromatic heterocycles. The molecule has 8 nitrogen and oxygen atoms in total. The standard InChI is InChI=1S/C35H45ClN2O6/c1-4-29-33(40)37(2)17-7-6-10-31(39)28-15-12-24(28)21-38-18-8-5-9-23-19-27(36)14-11-25(23)22-44-32-16-13-26(20-30(32)38)35(29,42)34(41)43-3/h6,10-11,13-14,16,19-20,24,28-29,31,39,42H,4-5,7-9,12,15,17-18,21-22H2,1-3H3/b10-6+/t24-,28+,29-,31-,35+/m0/s1. The average molecular weight is 625 g/mol. The van der Waals surface area contributed by atoms with Crippen molar-refractivity contribution in [3.05, 3.63) is 70.3 Å². The Bertz CT molecular complexity index is 1380. The summed E-state index contributed by atoms with van der Waals surface area (Å²) in [7, 11) is 2.91. The number of methoxy groups -OCH3 is 1. The van der Waals surface area contributed by atoms with E-state index in [1.807, 2.05) is 30.4 Å². The molecule has 2 aromatic rings. The largest absolute Gasteiger partial charge is 0.487 e. The lowest BCUT2D eigenvalue weighted by atomic mass is 9.70. The number of ether oxygens (including phenoxy) is 2. The van der Waals surface area contributed by atoms with Crippen LogP contribution in [0.15, 0.2) is 48.6 Å². The van der Waals surface area contributed by atoms with E-state index in [1.54, 1.807) is 37.1 Å². The molecule has 2 heterocycles. The highest BCUT2D eigenvalue weighted by atomic mass is 35.5. The van der Waals surface area contributed by atoms with Crippen molar-refractivity contribution in [3.8, 4) is 5.75 Å². The van der Waals surface area contributed by atoms with Gasteiger partial charge in [0.1, 0.15) is 12.4 Å². The number of aliphatic hydroxyl groups is 2. The molecule has 0 spiro atoms. The van der Waals surface area contributed by atoms with Crippen LogP contribution in [-0.2, 0) is 33.0 Å². The van der Waals surface area contributed by atoms with Gasteiger partial charge in [-0.15, -0.1) is 0 Å². The molecule has 0 unspecified atom stereocenters. The second kappa shape index (κ2) is 13.9. The molecule has 0 radical (unpaired) electrons. The van der Waals surface area contributed by atoms with Gasteiger partial charge in [0.2, 0.25) is 5.91 Å². The lowest BCUT2D eigenvalue weighted by molar-refractivity contribution is -0.176. The summed E-state index contributed by atoms with van der Waals surface area (Å²) in [4.78, 5) is 31.0. The summed E-state index contributed by atoms with van der Waals surface area (Å²) >= 11 is 6.34. The van der Waals surface area contributed by atoms with Crippen molar-refractivity contribution in [2.45, 2.75) is 70.2 Å². The number of rotatable bonds is 2. The minimum atomic E-state index is -2.20. The SMILES string of the molecule is CC[C@H]1C(=O)N(C)CC/C=C/[C@H](O)[C@@H]2CC[C@H]2CN2CCCCc3cc(Cl)ccc3COc3ccc(cc32)[C@]1(O)C(=O)OC. The molecular formula is C35H45ClN2O6. The summed E-state index contributed by atoms with van der Waals surface area (Å²) in [5.41, 5.74) is 1.07. The van der Waals surface area contributed by atoms with E-state index < -0.39 is 23.6 Å². The predicted molar refractivity (Wildman–Crippen MR) is 171 cm³/mol. The van der Waals surface area contributed by atoms with Gasteiger partial charge in [0.25, 0.3) is 0 Å². The Kier molecular flexibility index (Phi) is 10.2. The van der Waals surface area contributed by atoms with Crippen LogP contribution in [0.4, 0.5) is 5.69 Å². The lowest BCUT2D eigenvalue weighted by Gasteiger charge is -2.43. The van der Waals surface area contributed by atoms with Crippen molar-refractivity contribution >= 4 is 29.2 Å². The normalized spacial score (nSPS) is 28.8. The first-order chi connectivity index (χ1) is 21.2. The van der Waals surface area contributed by atoms with Crippen molar-refractivity contribution in [1.29, 1.82) is 0 Å². The molecule has 1 amide bonds. The van der Waals surface area contributed by atoms with Gasteiger partial charge in [0.05, 0.1) is 24.8 Å². The van der Waals surface area contributed by atoms with Crippen molar-refractivity contribution in [2.24, 2.45) is 17.8 Å². The van der Waals surface area contributed by atoms with Gasteiger partial charge in [0, 0.05) is 31.7 Å². The van der Waals surface area contributed by atoms with Gasteiger partial charge < -0.3 is 29.5 Å². The zero-order valence-electron chi connectivity index (χ0n) is 26.0. The molecular weight excluding hydrogens is 580 g/mol. The van der Waals surface area contributed by atoms with E-state index in [1.165, 1.54) is 7.11 Å². The summed E-state index contributed by atoms with van der Waals surface area (Å²) in [5, 5.41) is 24.0. The number of hydrogen-bond acceptors (Lipinski definition) is 7. The number of carbonyl (C=O) groups is 2. The monoisotopic (exact) mass is 624 g/mol. The molecule has 9 heteroatoms. The number of aryl methyl sites for hydroxylation is 1. The van der Waals surface area contributed by atoms with E-state index in [0.717, 1.165) is 55.5 Å². The van der Waals surface area contributed by atoms with Gasteiger partial charge in [0.15, 0.2) is 5.60 Å². The number of hydrogen-bond donors (Lipinski definition) is 2. The first kappa shape index (κ1) is 32.3. The zero-order valence-corrected chi connectivity index (χ0v) is 26.8. The van der Waals surface area contributed by atoms with Gasteiger partial charge in [-0.2, -0.15) is 0 Å². The summed E-state index contributed by atoms with van der Waals surface area (Å²) in [6, 6.07) is 11.2. The minimum Gasteiger partial charge on any atom is -0.487 e. The third kappa shape index (κ3) is 6.49. The topological polar surface area (TPSA) is 99.5 Å². The van der Waals surface area contributed by atoms with Crippen LogP contribution in [0.5, 0.6) is 5.75 Å². The van der Waals surface area contributed by atoms with Crippen LogP contribution in [0.3, 0.4) is 0 Å². The van der Waals surface area contributed by atoms with Crippen LogP contribution < -0.4 is 9.64 Å². The smallest absolute Gasteiger partial charge is 0.343 e. The summed E-state index contributed by atoms with van der Waals surface area (Å²) in [5.74, 6) is -1.26. The zero-order chi connectivity index (χ0) is 31.4. The fraction of sp³-hybridized carbons (Fsp3) is 0.543. The molecule has 1 saturated carbocycles. The molecule has 5 atom stereocenters. The van der Waals surface area contributed by atoms with Crippen LogP contribution in [0.1, 0.15) is 62.1 Å². The first-order valence-electron chi connectivity index (χ1n) is 15.9. The Labute approximate surface area is 265 Å². The number of aliphatic hydroxyl groups excluding tert-OH is 1. The quantitative estimate of drug-likeness (QED) is 0.348. The predicted octanol–water partition coefficient (Wildman–Crippen LogP) is 5.25. The summed E-state index contributed by atoms with van der Waals surface area (Å²) in [6.07, 6.45) is 8.68. The molecule has 2 aromatic carbocycles. The molecule has 44 heavy (non-hydrogen) atoms. The number of amides is 1. The summed E-state index contributed by atoms with van der Waals surface area (Å²) in [6.45, 7) is 3.94. The second-order valence-electron chi connectivity index (χ2n) is 12.5. The van der Waals surface area contributed by atoms with Crippen molar-refractivity contribution in [3.63, 3.8) is 0 Å². The highest BCUT2D eigenvalue weighted by Gasteiger charge is 2.50. The van der Waals surface area contributed by atoms with E-state index in [4.69, 9.17) is 21.1 Å². The highest BCUT2D eigenvalue weighted by Crippen LogP contribution is 2.43. The van der Waals surface area contributed by atoms with Gasteiger partial charge in [-0.3, -0.25) is 4.79 Å². The van der Waals surface area contributed by atoms with Gasteiger partial charge in [-0.05, 0) is 97.7 Å². The lowest BCUT2D eigenvalue weighted by Crippen LogP contribution is -2.51. The fourth-order valence-corrected chi connectivity index (χ4v) is 7.21. The number of carbonyl (C=O) groups excluding carboxylic acids is 2. The maximum atomic E-state index is 13.8. The van der Waals surface area contributed by atoms with Crippen LogP contribution in [0.2, 0.25) is 5.02 Å². The number of fused-ring (bicyclic) bond motifs is 3. The average Bonchev–Trinajstić information content (AvgIpc) is 3.03. The second-order valence-corrected chi connectivity index (χ2v) is 12.9. The highest BCUT2D eigenvalue weighted by molar-refractivity contribution is 6.30. The third-order valence-corrected chi connectivity index (χ3v) is 10.1. The third-order valence-electron chi connectivity index (χ3n) is 9.83. The van der Waals surface area contributed by atoms with Crippen LogP contribution >= 0.6 is 11.6 Å². The number of anilines is 1. The van der Waals surface area contributed by atoms with E-state index in [9.17, 15) is 19.8 Å². The van der Waals surface area contributed by atoms with Crippen LogP contribution in [0, 0.1) is 17.8 Å². The molecule has 2 N–H and O–H groups in total. The van der Waals surface area contributed by atoms with E-state index >= 15 is 0 Å². The Morgan fingerprint density at radius 2 is 1.95 bits per heavy atom. The number of nitrogens with zero attached hydrogens (tertiary/aromatic N) is 2. The molecule has 2 aliphatic heterocycles. The Morgan fingerprint density at radius 3 is 2.68 bits per heavy atom. The van der Waals surface area contributed by atoms with Gasteiger partial charge in [-0.25, -0.2) is 4.79 Å². The first-order valence-corrected chi connectivity index (χ1v) is 16.2. The van der Waals surface area contributed by atoms with Gasteiger partial charge in [-0.1, -0.05) is 42.8 Å². The van der Waals surface area contributed by atoms with Crippen molar-refractivity contribution < 1.29 is 29.3 Å². The van der Waals surface area contributed by atoms with Crippen molar-refractivity contribution in [2.75, 3.05) is 38.7 Å². The molecule has 3 aliphatic rings. The Morgan fingerprint density at radius 1 is 1.14 bits per heavy atom. The fourth-order valence-electron chi connectivity index (χ4n) is 7.02. The van der Waals surface area contributed by atoms with Crippen LogP contribution in [-0.4, -0.2) is 66.9 Å². The molecule has 1 fully saturated rings. The number of benzene rings is 2.